The molecule has 0 bridgehead atoms. The van der Waals surface area contributed by atoms with Crippen molar-refractivity contribution in [2.45, 2.75) is 39.7 Å². The molecule has 2 N–H and O–H groups in total. The minimum absolute atomic E-state index is 0.0168. The van der Waals surface area contributed by atoms with Crippen molar-refractivity contribution in [3.63, 3.8) is 0 Å². The number of carbonyl (C=O) groups excluding carboxylic acids is 1. The Morgan fingerprint density at radius 2 is 1.84 bits per heavy atom. The Balaban J connectivity index is 1.78. The van der Waals surface area contributed by atoms with E-state index in [1.807, 2.05) is 0 Å². The number of hydrogen-bond donors (Lipinski definition) is 2. The van der Waals surface area contributed by atoms with E-state index in [1.54, 1.807) is 40.9 Å². The number of urea groups is 1. The number of hydrazine groups is 1. The standard InChI is InChI=1S/C25H29ClF2N6O3/c1-6-33(34(24(36)37)25(2,3)4)23(35)29-8-7-21-19(27)9-15(12-30-21)18-10-17(26)11-20(28)22(18)16-13-31-32(5)14-16/h9-14H,6-8H2,1-5H3,(H,29,35)(H,36,37). The van der Waals surface area contributed by atoms with Gasteiger partial charge in [-0.3, -0.25) is 9.67 Å². The van der Waals surface area contributed by atoms with Crippen LogP contribution in [-0.4, -0.2) is 60.6 Å². The van der Waals surface area contributed by atoms with Crippen molar-refractivity contribution in [1.82, 2.24) is 30.1 Å². The van der Waals surface area contributed by atoms with Gasteiger partial charge >= 0.3 is 12.1 Å². The number of halogens is 3. The first-order valence-corrected chi connectivity index (χ1v) is 11.9. The Hall–Kier alpha value is -3.73. The van der Waals surface area contributed by atoms with Crippen molar-refractivity contribution in [1.29, 1.82) is 0 Å². The van der Waals surface area contributed by atoms with Crippen molar-refractivity contribution >= 4 is 23.7 Å². The van der Waals surface area contributed by atoms with Gasteiger partial charge in [0.25, 0.3) is 0 Å². The van der Waals surface area contributed by atoms with E-state index in [1.165, 1.54) is 35.3 Å². The fourth-order valence-corrected chi connectivity index (χ4v) is 4.15. The molecule has 0 aliphatic rings. The summed E-state index contributed by atoms with van der Waals surface area (Å²) in [7, 11) is 1.70. The zero-order valence-electron chi connectivity index (χ0n) is 21.2. The van der Waals surface area contributed by atoms with Crippen LogP contribution in [0.15, 0.2) is 36.8 Å². The van der Waals surface area contributed by atoms with Crippen LogP contribution in [0.3, 0.4) is 0 Å². The van der Waals surface area contributed by atoms with E-state index >= 15 is 0 Å². The summed E-state index contributed by atoms with van der Waals surface area (Å²) in [6, 6.07) is 3.32. The molecule has 0 spiro atoms. The van der Waals surface area contributed by atoms with E-state index in [0.717, 1.165) is 10.0 Å². The molecule has 0 atom stereocenters. The minimum Gasteiger partial charge on any atom is -0.464 e. The van der Waals surface area contributed by atoms with Gasteiger partial charge in [0.1, 0.15) is 11.6 Å². The molecule has 1 aromatic carbocycles. The summed E-state index contributed by atoms with van der Waals surface area (Å²) < 4.78 is 31.4. The predicted octanol–water partition coefficient (Wildman–Crippen LogP) is 5.35. The molecule has 0 fully saturated rings. The lowest BCUT2D eigenvalue weighted by Gasteiger charge is -2.40. The molecule has 0 saturated carbocycles. The van der Waals surface area contributed by atoms with Crippen LogP contribution in [0.1, 0.15) is 33.4 Å². The van der Waals surface area contributed by atoms with Crippen molar-refractivity contribution in [3.8, 4) is 22.3 Å². The molecule has 3 aromatic rings. The number of amides is 3. The summed E-state index contributed by atoms with van der Waals surface area (Å²) in [5.41, 5.74) is 0.648. The highest BCUT2D eigenvalue weighted by Crippen LogP contribution is 2.36. The first-order chi connectivity index (χ1) is 17.3. The number of hydrogen-bond acceptors (Lipinski definition) is 4. The zero-order chi connectivity index (χ0) is 27.5. The van der Waals surface area contributed by atoms with Gasteiger partial charge in [-0.1, -0.05) is 11.6 Å². The Kier molecular flexibility index (Phi) is 8.37. The normalized spacial score (nSPS) is 11.4. The summed E-state index contributed by atoms with van der Waals surface area (Å²) >= 11 is 6.08. The van der Waals surface area contributed by atoms with Gasteiger partial charge in [-0.25, -0.2) is 28.4 Å². The van der Waals surface area contributed by atoms with Gasteiger partial charge in [0, 0.05) is 60.7 Å². The van der Waals surface area contributed by atoms with Crippen LogP contribution in [0.25, 0.3) is 22.3 Å². The lowest BCUT2D eigenvalue weighted by molar-refractivity contribution is -0.0324. The van der Waals surface area contributed by atoms with E-state index < -0.39 is 29.3 Å². The first kappa shape index (κ1) is 27.9. The summed E-state index contributed by atoms with van der Waals surface area (Å²) in [4.78, 5) is 28.6. The van der Waals surface area contributed by atoms with Crippen LogP contribution in [0.2, 0.25) is 5.02 Å². The highest BCUT2D eigenvalue weighted by Gasteiger charge is 2.34. The molecule has 12 heteroatoms. The lowest BCUT2D eigenvalue weighted by atomic mass is 9.96. The number of nitrogens with one attached hydrogen (secondary N) is 1. The second kappa shape index (κ2) is 11.1. The molecule has 198 valence electrons. The van der Waals surface area contributed by atoms with Crippen LogP contribution >= 0.6 is 11.6 Å². The van der Waals surface area contributed by atoms with Crippen LogP contribution in [0, 0.1) is 11.6 Å². The van der Waals surface area contributed by atoms with Crippen molar-refractivity contribution in [3.05, 3.63) is 59.1 Å². The summed E-state index contributed by atoms with van der Waals surface area (Å²) in [6.45, 7) is 6.80. The molecule has 0 aliphatic carbocycles. The quantitative estimate of drug-likeness (QED) is 0.415. The average Bonchev–Trinajstić information content (AvgIpc) is 3.22. The lowest BCUT2D eigenvalue weighted by Crippen LogP contribution is -2.59. The van der Waals surface area contributed by atoms with Crippen LogP contribution in [0.5, 0.6) is 0 Å². The maximum Gasteiger partial charge on any atom is 0.426 e. The van der Waals surface area contributed by atoms with Gasteiger partial charge in [-0.2, -0.15) is 5.10 Å². The van der Waals surface area contributed by atoms with E-state index in [0.29, 0.717) is 16.7 Å². The fraction of sp³-hybridized carbons (Fsp3) is 0.360. The van der Waals surface area contributed by atoms with Gasteiger partial charge in [0.15, 0.2) is 0 Å². The Morgan fingerprint density at radius 3 is 2.38 bits per heavy atom. The SMILES string of the molecule is CCN(C(=O)NCCc1ncc(-c2cc(Cl)cc(F)c2-c2cnn(C)c2)cc1F)N(C(=O)O)C(C)(C)C. The van der Waals surface area contributed by atoms with Crippen molar-refractivity contribution in [2.24, 2.45) is 7.05 Å². The van der Waals surface area contributed by atoms with E-state index in [2.05, 4.69) is 15.4 Å². The van der Waals surface area contributed by atoms with Crippen LogP contribution in [0.4, 0.5) is 18.4 Å². The maximum atomic E-state index is 15.0. The van der Waals surface area contributed by atoms with Gasteiger partial charge < -0.3 is 10.4 Å². The topological polar surface area (TPSA) is 104 Å². The molecule has 0 radical (unpaired) electrons. The fourth-order valence-electron chi connectivity index (χ4n) is 3.95. The number of benzene rings is 1. The second-order valence-corrected chi connectivity index (χ2v) is 9.76. The monoisotopic (exact) mass is 534 g/mol. The Morgan fingerprint density at radius 1 is 1.14 bits per heavy atom. The van der Waals surface area contributed by atoms with Gasteiger partial charge in [0.05, 0.1) is 17.4 Å². The molecule has 2 heterocycles. The zero-order valence-corrected chi connectivity index (χ0v) is 22.0. The number of rotatable bonds is 6. The number of pyridine rings is 1. The molecule has 0 aliphatic heterocycles. The highest BCUT2D eigenvalue weighted by atomic mass is 35.5. The smallest absolute Gasteiger partial charge is 0.426 e. The molecular weight excluding hydrogens is 506 g/mol. The molecule has 3 amide bonds. The number of carboxylic acid groups (broad SMARTS) is 1. The molecule has 0 saturated heterocycles. The molecule has 9 nitrogen and oxygen atoms in total. The number of carbonyl (C=O) groups is 2. The number of aromatic nitrogens is 3. The molecule has 37 heavy (non-hydrogen) atoms. The number of aryl methyl sites for hydroxylation is 1. The summed E-state index contributed by atoms with van der Waals surface area (Å²) in [5.74, 6) is -1.22. The van der Waals surface area contributed by atoms with E-state index in [4.69, 9.17) is 11.6 Å². The predicted molar refractivity (Wildman–Crippen MR) is 136 cm³/mol. The van der Waals surface area contributed by atoms with Gasteiger partial charge in [-0.15, -0.1) is 0 Å². The van der Waals surface area contributed by atoms with Gasteiger partial charge in [-0.05, 0) is 51.5 Å². The van der Waals surface area contributed by atoms with Crippen molar-refractivity contribution in [2.75, 3.05) is 13.1 Å². The third kappa shape index (κ3) is 6.34. The van der Waals surface area contributed by atoms with Crippen molar-refractivity contribution < 1.29 is 23.5 Å². The molecule has 2 aromatic heterocycles. The Labute approximate surface area is 218 Å². The maximum absolute atomic E-state index is 15.0. The third-order valence-corrected chi connectivity index (χ3v) is 5.73. The average molecular weight is 535 g/mol. The molecule has 0 unspecified atom stereocenters. The van der Waals surface area contributed by atoms with Crippen LogP contribution in [-0.2, 0) is 13.5 Å². The summed E-state index contributed by atoms with van der Waals surface area (Å²) in [5, 5.41) is 18.4. The second-order valence-electron chi connectivity index (χ2n) is 9.33. The Bertz CT molecular complexity index is 1310. The highest BCUT2D eigenvalue weighted by molar-refractivity contribution is 6.31. The van der Waals surface area contributed by atoms with E-state index in [9.17, 15) is 23.5 Å². The van der Waals surface area contributed by atoms with Crippen LogP contribution < -0.4 is 5.32 Å². The molecule has 3 rings (SSSR count). The van der Waals surface area contributed by atoms with E-state index in [-0.39, 0.29) is 35.8 Å². The molecular formula is C25H29ClF2N6O3. The summed E-state index contributed by atoms with van der Waals surface area (Å²) in [6.07, 6.45) is 3.34. The first-order valence-electron chi connectivity index (χ1n) is 11.5. The third-order valence-electron chi connectivity index (χ3n) is 5.51. The largest absolute Gasteiger partial charge is 0.464 e. The minimum atomic E-state index is -1.27. The van der Waals surface area contributed by atoms with Gasteiger partial charge in [0.2, 0.25) is 0 Å². The number of nitrogens with zero attached hydrogens (tertiary/aromatic N) is 5.